The Kier molecular flexibility index (Phi) is 6.34. The number of fused-ring (bicyclic) bond motifs is 1. The Morgan fingerprint density at radius 2 is 1.90 bits per heavy atom. The van der Waals surface area contributed by atoms with E-state index in [0.29, 0.717) is 12.6 Å². The van der Waals surface area contributed by atoms with Gasteiger partial charge in [0.1, 0.15) is 17.1 Å². The standard InChI is InChI=1S/C23H29N3O4S/c1-29-20-7-4-6-18(14-20)23(16-26-31(24,27)28)11-9-19(10-12-23)25-15-21-13-17-5-2-3-8-22(17)30-21/h2-8,13-14,19,25-26H,9-12,15-16H2,1H3,(H2,24,27,28). The number of nitrogens with two attached hydrogens (primary N) is 1. The third-order valence-corrected chi connectivity index (χ3v) is 6.82. The van der Waals surface area contributed by atoms with Crippen molar-refractivity contribution in [1.29, 1.82) is 0 Å². The van der Waals surface area contributed by atoms with Gasteiger partial charge in [-0.05, 0) is 55.5 Å². The molecule has 1 saturated carbocycles. The molecule has 7 nitrogen and oxygen atoms in total. The van der Waals surface area contributed by atoms with Crippen LogP contribution in [0.1, 0.15) is 37.0 Å². The van der Waals surface area contributed by atoms with E-state index in [0.717, 1.165) is 53.7 Å². The second-order valence-corrected chi connectivity index (χ2v) is 9.66. The fraction of sp³-hybridized carbons (Fsp3) is 0.391. The maximum absolute atomic E-state index is 11.6. The summed E-state index contributed by atoms with van der Waals surface area (Å²) in [6.45, 7) is 0.941. The highest BCUT2D eigenvalue weighted by Gasteiger charge is 2.37. The molecule has 1 aromatic heterocycles. The van der Waals surface area contributed by atoms with Crippen LogP contribution in [-0.4, -0.2) is 28.1 Å². The van der Waals surface area contributed by atoms with Gasteiger partial charge in [0.2, 0.25) is 0 Å². The van der Waals surface area contributed by atoms with Crippen LogP contribution in [-0.2, 0) is 22.2 Å². The van der Waals surface area contributed by atoms with E-state index in [1.165, 1.54) is 0 Å². The largest absolute Gasteiger partial charge is 0.497 e. The summed E-state index contributed by atoms with van der Waals surface area (Å²) in [5.41, 5.74) is 1.64. The number of rotatable bonds is 8. The summed E-state index contributed by atoms with van der Waals surface area (Å²) in [5, 5.41) is 9.94. The predicted octanol–water partition coefficient (Wildman–Crippen LogP) is 3.20. The fourth-order valence-corrected chi connectivity index (χ4v) is 4.98. The zero-order valence-corrected chi connectivity index (χ0v) is 18.5. The zero-order chi connectivity index (χ0) is 21.9. The molecule has 4 rings (SSSR count). The van der Waals surface area contributed by atoms with E-state index in [-0.39, 0.29) is 12.0 Å². The van der Waals surface area contributed by atoms with Crippen LogP contribution in [0.2, 0.25) is 0 Å². The van der Waals surface area contributed by atoms with Crippen molar-refractivity contribution in [2.75, 3.05) is 13.7 Å². The average Bonchev–Trinajstić information content (AvgIpc) is 3.20. The average molecular weight is 444 g/mol. The maximum atomic E-state index is 11.6. The molecule has 8 heteroatoms. The van der Waals surface area contributed by atoms with E-state index >= 15 is 0 Å². The molecule has 1 aliphatic rings. The summed E-state index contributed by atoms with van der Waals surface area (Å²) in [6, 6.07) is 18.3. The number of benzene rings is 2. The van der Waals surface area contributed by atoms with Crippen molar-refractivity contribution >= 4 is 21.2 Å². The summed E-state index contributed by atoms with van der Waals surface area (Å²) < 4.78 is 37.0. The van der Waals surface area contributed by atoms with E-state index < -0.39 is 10.2 Å². The molecule has 166 valence electrons. The van der Waals surface area contributed by atoms with Gasteiger partial charge in [-0.3, -0.25) is 0 Å². The lowest BCUT2D eigenvalue weighted by atomic mass is 9.68. The molecule has 4 N–H and O–H groups in total. The van der Waals surface area contributed by atoms with Crippen LogP contribution in [0.25, 0.3) is 11.0 Å². The summed E-state index contributed by atoms with van der Waals surface area (Å²) in [5.74, 6) is 1.68. The molecule has 0 radical (unpaired) electrons. The Morgan fingerprint density at radius 1 is 1.13 bits per heavy atom. The molecule has 31 heavy (non-hydrogen) atoms. The van der Waals surface area contributed by atoms with E-state index in [9.17, 15) is 8.42 Å². The molecule has 0 atom stereocenters. The minimum Gasteiger partial charge on any atom is -0.497 e. The Labute approximate surface area is 183 Å². The Hall–Kier alpha value is -2.39. The van der Waals surface area contributed by atoms with Crippen LogP contribution in [0.5, 0.6) is 5.75 Å². The number of para-hydroxylation sites is 1. The van der Waals surface area contributed by atoms with Crippen LogP contribution in [0.3, 0.4) is 0 Å². The van der Waals surface area contributed by atoms with Gasteiger partial charge in [0, 0.05) is 23.4 Å². The number of furan rings is 1. The van der Waals surface area contributed by atoms with Crippen LogP contribution < -0.4 is 19.9 Å². The Bertz CT molecular complexity index is 1100. The first-order valence-corrected chi connectivity index (χ1v) is 12.0. The van der Waals surface area contributed by atoms with Gasteiger partial charge in [-0.25, -0.2) is 9.86 Å². The number of methoxy groups -OCH3 is 1. The van der Waals surface area contributed by atoms with E-state index in [4.69, 9.17) is 14.3 Å². The van der Waals surface area contributed by atoms with Gasteiger partial charge in [-0.1, -0.05) is 30.3 Å². The first kappa shape index (κ1) is 21.8. The summed E-state index contributed by atoms with van der Waals surface area (Å²) in [7, 11) is -2.13. The van der Waals surface area contributed by atoms with Gasteiger partial charge in [0.15, 0.2) is 0 Å². The van der Waals surface area contributed by atoms with Crippen molar-refractivity contribution in [1.82, 2.24) is 10.0 Å². The third-order valence-electron chi connectivity index (χ3n) is 6.28. The quantitative estimate of drug-likeness (QED) is 0.496. The van der Waals surface area contributed by atoms with Crippen LogP contribution in [0.15, 0.2) is 59.0 Å². The Balaban J connectivity index is 1.44. The zero-order valence-electron chi connectivity index (χ0n) is 17.6. The molecule has 2 aromatic carbocycles. The summed E-state index contributed by atoms with van der Waals surface area (Å²) >= 11 is 0. The number of ether oxygens (including phenoxy) is 1. The lowest BCUT2D eigenvalue weighted by Gasteiger charge is -2.41. The highest BCUT2D eigenvalue weighted by atomic mass is 32.2. The second-order valence-electron chi connectivity index (χ2n) is 8.28. The van der Waals surface area contributed by atoms with E-state index in [2.05, 4.69) is 16.1 Å². The van der Waals surface area contributed by atoms with Gasteiger partial charge in [0.05, 0.1) is 13.7 Å². The minimum absolute atomic E-state index is 0.273. The normalized spacial score (nSPS) is 21.9. The van der Waals surface area contributed by atoms with Gasteiger partial charge in [-0.15, -0.1) is 0 Å². The van der Waals surface area contributed by atoms with Crippen molar-refractivity contribution < 1.29 is 17.6 Å². The number of hydrogen-bond donors (Lipinski definition) is 3. The SMILES string of the molecule is COc1cccc(C2(CNS(N)(=O)=O)CCC(NCc3cc4ccccc4o3)CC2)c1. The molecule has 0 bridgehead atoms. The maximum Gasteiger partial charge on any atom is 0.274 e. The first-order valence-electron chi connectivity index (χ1n) is 10.5. The molecule has 0 aliphatic heterocycles. The van der Waals surface area contributed by atoms with Gasteiger partial charge in [0.25, 0.3) is 10.2 Å². The molecule has 1 heterocycles. The van der Waals surface area contributed by atoms with Crippen molar-refractivity contribution in [2.45, 2.75) is 43.7 Å². The molecule has 0 amide bonds. The third kappa shape index (κ3) is 5.27. The monoisotopic (exact) mass is 443 g/mol. The van der Waals surface area contributed by atoms with E-state index in [1.807, 2.05) is 48.5 Å². The molecular formula is C23H29N3O4S. The van der Waals surface area contributed by atoms with Crippen molar-refractivity contribution in [2.24, 2.45) is 5.14 Å². The smallest absolute Gasteiger partial charge is 0.274 e. The second kappa shape index (κ2) is 9.00. The topological polar surface area (TPSA) is 107 Å². The van der Waals surface area contributed by atoms with Gasteiger partial charge < -0.3 is 14.5 Å². The summed E-state index contributed by atoms with van der Waals surface area (Å²) in [4.78, 5) is 0. The van der Waals surface area contributed by atoms with Crippen molar-refractivity contribution in [3.63, 3.8) is 0 Å². The van der Waals surface area contributed by atoms with Crippen molar-refractivity contribution in [3.8, 4) is 5.75 Å². The summed E-state index contributed by atoms with van der Waals surface area (Å²) in [6.07, 6.45) is 3.51. The lowest BCUT2D eigenvalue weighted by molar-refractivity contribution is 0.242. The van der Waals surface area contributed by atoms with Gasteiger partial charge >= 0.3 is 0 Å². The molecule has 1 aliphatic carbocycles. The Morgan fingerprint density at radius 3 is 2.61 bits per heavy atom. The lowest BCUT2D eigenvalue weighted by Crippen LogP contribution is -2.47. The van der Waals surface area contributed by atoms with Crippen LogP contribution in [0, 0.1) is 0 Å². The minimum atomic E-state index is -3.77. The molecule has 0 saturated heterocycles. The fourth-order valence-electron chi connectivity index (χ4n) is 4.50. The van der Waals surface area contributed by atoms with Crippen molar-refractivity contribution in [3.05, 3.63) is 65.9 Å². The number of hydrogen-bond acceptors (Lipinski definition) is 5. The predicted molar refractivity (Wildman–Crippen MR) is 121 cm³/mol. The first-order chi connectivity index (χ1) is 14.9. The van der Waals surface area contributed by atoms with Crippen LogP contribution in [0.4, 0.5) is 0 Å². The highest BCUT2D eigenvalue weighted by Crippen LogP contribution is 2.40. The van der Waals surface area contributed by atoms with Gasteiger partial charge in [-0.2, -0.15) is 8.42 Å². The molecular weight excluding hydrogens is 414 g/mol. The molecule has 0 unspecified atom stereocenters. The number of nitrogens with one attached hydrogen (secondary N) is 2. The van der Waals surface area contributed by atoms with E-state index in [1.54, 1.807) is 7.11 Å². The molecule has 1 fully saturated rings. The van der Waals surface area contributed by atoms with Crippen LogP contribution >= 0.6 is 0 Å². The molecule has 0 spiro atoms. The highest BCUT2D eigenvalue weighted by molar-refractivity contribution is 7.87. The molecule has 3 aromatic rings.